The third-order valence-electron chi connectivity index (χ3n) is 2.37. The van der Waals surface area contributed by atoms with Crippen molar-refractivity contribution in [2.45, 2.75) is 0 Å². The van der Waals surface area contributed by atoms with E-state index in [0.717, 1.165) is 0 Å². The number of hydrogen-bond donors (Lipinski definition) is 0. The lowest BCUT2D eigenvalue weighted by Crippen LogP contribution is -1.92. The molecule has 0 unspecified atom stereocenters. The van der Waals surface area contributed by atoms with Crippen molar-refractivity contribution in [3.8, 4) is 11.3 Å². The fourth-order valence-electron chi connectivity index (χ4n) is 1.66. The number of aromatic nitrogens is 2. The molecular weight excluding hydrogens is 226 g/mol. The van der Waals surface area contributed by atoms with Crippen molar-refractivity contribution < 1.29 is 14.0 Å². The van der Waals surface area contributed by atoms with E-state index in [1.165, 1.54) is 18.4 Å². The first kappa shape index (κ1) is 9.52. The fourth-order valence-corrected chi connectivity index (χ4v) is 1.66. The second-order valence-electron chi connectivity index (χ2n) is 3.33. The summed E-state index contributed by atoms with van der Waals surface area (Å²) in [7, 11) is 0. The van der Waals surface area contributed by atoms with E-state index in [2.05, 4.69) is 14.9 Å². The zero-order valence-electron chi connectivity index (χ0n) is 8.36. The molecule has 0 atom stereocenters. The van der Waals surface area contributed by atoms with Crippen LogP contribution in [0.1, 0.15) is 0 Å². The van der Waals surface area contributed by atoms with Crippen LogP contribution in [0.2, 0.25) is 0 Å². The van der Waals surface area contributed by atoms with Crippen LogP contribution >= 0.6 is 0 Å². The zero-order valence-corrected chi connectivity index (χ0v) is 8.36. The highest BCUT2D eigenvalue weighted by Crippen LogP contribution is 2.35. The Morgan fingerprint density at radius 2 is 2.12 bits per heavy atom. The van der Waals surface area contributed by atoms with Crippen LogP contribution in [0.25, 0.3) is 22.4 Å². The molecule has 0 aliphatic heterocycles. The lowest BCUT2D eigenvalue weighted by atomic mass is 10.1. The van der Waals surface area contributed by atoms with Gasteiger partial charge in [-0.1, -0.05) is 0 Å². The van der Waals surface area contributed by atoms with E-state index in [4.69, 9.17) is 4.42 Å². The van der Waals surface area contributed by atoms with Crippen LogP contribution in [0.4, 0.5) is 5.69 Å². The van der Waals surface area contributed by atoms with Crippen LogP contribution in [0, 0.1) is 10.1 Å². The maximum atomic E-state index is 11.0. The molecule has 0 N–H and O–H groups in total. The Balaban J connectivity index is 2.42. The van der Waals surface area contributed by atoms with Gasteiger partial charge in [0.1, 0.15) is 16.8 Å². The van der Waals surface area contributed by atoms with Gasteiger partial charge in [-0.25, -0.2) is 4.63 Å². The maximum absolute atomic E-state index is 11.0. The van der Waals surface area contributed by atoms with E-state index in [9.17, 15) is 10.1 Å². The van der Waals surface area contributed by atoms with Gasteiger partial charge in [-0.15, -0.1) is 0 Å². The first-order valence-corrected chi connectivity index (χ1v) is 4.71. The third-order valence-corrected chi connectivity index (χ3v) is 2.37. The topological polar surface area (TPSA) is 95.2 Å². The fraction of sp³-hybridized carbons (Fsp3) is 0. The summed E-state index contributed by atoms with van der Waals surface area (Å²) in [5.41, 5.74) is 0.943. The molecule has 0 amide bonds. The van der Waals surface area contributed by atoms with Crippen LogP contribution in [-0.4, -0.2) is 15.2 Å². The quantitative estimate of drug-likeness (QED) is 0.496. The molecule has 1 aromatic carbocycles. The first-order valence-electron chi connectivity index (χ1n) is 4.71. The number of nitro groups is 1. The van der Waals surface area contributed by atoms with Gasteiger partial charge in [0.15, 0.2) is 5.52 Å². The maximum Gasteiger partial charge on any atom is 0.282 e. The molecule has 0 saturated carbocycles. The Hall–Kier alpha value is -2.70. The highest BCUT2D eigenvalue weighted by molar-refractivity contribution is 5.94. The molecule has 0 fully saturated rings. The summed E-state index contributed by atoms with van der Waals surface area (Å²) < 4.78 is 9.75. The van der Waals surface area contributed by atoms with Crippen molar-refractivity contribution in [1.29, 1.82) is 0 Å². The van der Waals surface area contributed by atoms with Gasteiger partial charge < -0.3 is 4.42 Å². The van der Waals surface area contributed by atoms with E-state index in [0.29, 0.717) is 16.8 Å². The van der Waals surface area contributed by atoms with Gasteiger partial charge in [-0.2, -0.15) is 0 Å². The number of furan rings is 1. The summed E-state index contributed by atoms with van der Waals surface area (Å²) in [5, 5.41) is 18.3. The van der Waals surface area contributed by atoms with Crippen LogP contribution < -0.4 is 0 Å². The predicted octanol–water partition coefficient (Wildman–Crippen LogP) is 2.39. The minimum atomic E-state index is -0.494. The number of hydrogen-bond acceptors (Lipinski definition) is 6. The lowest BCUT2D eigenvalue weighted by molar-refractivity contribution is -0.384. The highest BCUT2D eigenvalue weighted by Gasteiger charge is 2.23. The molecule has 84 valence electrons. The molecule has 7 nitrogen and oxygen atoms in total. The normalized spacial score (nSPS) is 10.8. The molecule has 0 aliphatic carbocycles. The van der Waals surface area contributed by atoms with E-state index < -0.39 is 4.92 Å². The molecule has 17 heavy (non-hydrogen) atoms. The van der Waals surface area contributed by atoms with Crippen LogP contribution in [-0.2, 0) is 0 Å². The van der Waals surface area contributed by atoms with Crippen molar-refractivity contribution in [2.75, 3.05) is 0 Å². The minimum absolute atomic E-state index is 0.0943. The largest absolute Gasteiger partial charge is 0.464 e. The number of rotatable bonds is 2. The van der Waals surface area contributed by atoms with E-state index >= 15 is 0 Å². The molecule has 0 bridgehead atoms. The van der Waals surface area contributed by atoms with E-state index in [-0.39, 0.29) is 11.3 Å². The molecule has 0 saturated heterocycles. The van der Waals surface area contributed by atoms with E-state index in [1.807, 2.05) is 0 Å². The monoisotopic (exact) mass is 231 g/mol. The summed E-state index contributed by atoms with van der Waals surface area (Å²) in [4.78, 5) is 10.5. The Morgan fingerprint density at radius 3 is 2.82 bits per heavy atom. The SMILES string of the molecule is O=[N+]([O-])c1ccc2nonc2c1-c1ccco1. The summed E-state index contributed by atoms with van der Waals surface area (Å²) in [6.07, 6.45) is 1.44. The first-order chi connectivity index (χ1) is 8.27. The van der Waals surface area contributed by atoms with Gasteiger partial charge in [0.05, 0.1) is 11.2 Å². The smallest absolute Gasteiger partial charge is 0.282 e. The average Bonchev–Trinajstić information content (AvgIpc) is 2.98. The molecule has 7 heteroatoms. The standard InChI is InChI=1S/C10H5N3O4/c14-13(15)7-4-3-6-10(12-17-11-6)9(7)8-2-1-5-16-8/h1-5H. The van der Waals surface area contributed by atoms with Gasteiger partial charge >= 0.3 is 0 Å². The molecule has 3 aromatic rings. The molecule has 0 radical (unpaired) electrons. The third kappa shape index (κ3) is 1.36. The van der Waals surface area contributed by atoms with Crippen LogP contribution in [0.5, 0.6) is 0 Å². The summed E-state index contributed by atoms with van der Waals surface area (Å²) in [5.74, 6) is 0.359. The van der Waals surface area contributed by atoms with Gasteiger partial charge in [-0.3, -0.25) is 10.1 Å². The Morgan fingerprint density at radius 1 is 1.24 bits per heavy atom. The second-order valence-corrected chi connectivity index (χ2v) is 3.33. The summed E-state index contributed by atoms with van der Waals surface area (Å²) in [6, 6.07) is 6.10. The minimum Gasteiger partial charge on any atom is -0.464 e. The molecule has 0 spiro atoms. The van der Waals surface area contributed by atoms with Gasteiger partial charge in [-0.05, 0) is 28.5 Å². The Labute approximate surface area is 93.8 Å². The summed E-state index contributed by atoms with van der Waals surface area (Å²) >= 11 is 0. The van der Waals surface area contributed by atoms with Crippen LogP contribution in [0.15, 0.2) is 39.6 Å². The van der Waals surface area contributed by atoms with Crippen molar-refractivity contribution in [2.24, 2.45) is 0 Å². The van der Waals surface area contributed by atoms with E-state index in [1.54, 1.807) is 12.1 Å². The molecule has 2 heterocycles. The van der Waals surface area contributed by atoms with Gasteiger partial charge in [0, 0.05) is 6.07 Å². The second kappa shape index (κ2) is 3.41. The highest BCUT2D eigenvalue weighted by atomic mass is 16.6. The lowest BCUT2D eigenvalue weighted by Gasteiger charge is -1.98. The van der Waals surface area contributed by atoms with Crippen LogP contribution in [0.3, 0.4) is 0 Å². The van der Waals surface area contributed by atoms with Gasteiger partial charge in [0.2, 0.25) is 0 Å². The predicted molar refractivity (Wildman–Crippen MR) is 56.2 cm³/mol. The summed E-state index contributed by atoms with van der Waals surface area (Å²) in [6.45, 7) is 0. The molecule has 2 aromatic heterocycles. The number of benzene rings is 1. The Kier molecular flexibility index (Phi) is 1.91. The average molecular weight is 231 g/mol. The molecular formula is C10H5N3O4. The van der Waals surface area contributed by atoms with Crippen molar-refractivity contribution in [1.82, 2.24) is 10.3 Å². The number of nitrogens with zero attached hydrogens (tertiary/aromatic N) is 3. The van der Waals surface area contributed by atoms with Crippen molar-refractivity contribution >= 4 is 16.7 Å². The molecule has 0 aliphatic rings. The number of nitro benzene ring substituents is 1. The Bertz CT molecular complexity index is 687. The number of fused-ring (bicyclic) bond motifs is 1. The zero-order chi connectivity index (χ0) is 11.8. The van der Waals surface area contributed by atoms with Crippen molar-refractivity contribution in [3.05, 3.63) is 40.6 Å². The van der Waals surface area contributed by atoms with Crippen molar-refractivity contribution in [3.63, 3.8) is 0 Å². The van der Waals surface area contributed by atoms with Gasteiger partial charge in [0.25, 0.3) is 5.69 Å². The molecule has 3 rings (SSSR count).